The highest BCUT2D eigenvalue weighted by atomic mass is 79.9. The fraction of sp³-hybridized carbons (Fsp3) is 0.280. The van der Waals surface area contributed by atoms with Crippen molar-refractivity contribution in [2.45, 2.75) is 19.3 Å². The molecule has 31 heavy (non-hydrogen) atoms. The van der Waals surface area contributed by atoms with Gasteiger partial charge in [0.2, 0.25) is 5.82 Å². The molecule has 3 aromatic carbocycles. The third kappa shape index (κ3) is 4.50. The molecule has 0 atom stereocenters. The van der Waals surface area contributed by atoms with Gasteiger partial charge in [-0.05, 0) is 73.1 Å². The number of halogens is 1. The van der Waals surface area contributed by atoms with Crippen molar-refractivity contribution in [3.63, 3.8) is 0 Å². The lowest BCUT2D eigenvalue weighted by Gasteiger charge is -2.26. The Hall–Kier alpha value is -2.70. The van der Waals surface area contributed by atoms with E-state index in [1.165, 1.54) is 32.4 Å². The van der Waals surface area contributed by atoms with Crippen LogP contribution < -0.4 is 4.74 Å². The fourth-order valence-electron chi connectivity index (χ4n) is 4.07. The molecule has 1 saturated heterocycles. The molecule has 158 valence electrons. The third-order valence-electron chi connectivity index (χ3n) is 5.76. The number of fused-ring (bicyclic) bond motifs is 1. The van der Waals surface area contributed by atoms with Crippen LogP contribution in [-0.4, -0.2) is 41.3 Å². The Bertz CT molecular complexity index is 1170. The van der Waals surface area contributed by atoms with Crippen LogP contribution in [0.1, 0.15) is 19.3 Å². The SMILES string of the molecule is Brc1ccc(-c2nc(-c3ccc(OCCN4CCCCC4)cc3)no2)c2ccccc12. The van der Waals surface area contributed by atoms with Gasteiger partial charge in [-0.3, -0.25) is 4.90 Å². The Morgan fingerprint density at radius 1 is 0.903 bits per heavy atom. The molecule has 6 heteroatoms. The summed E-state index contributed by atoms with van der Waals surface area (Å²) in [5, 5.41) is 6.39. The van der Waals surface area contributed by atoms with E-state index in [9.17, 15) is 0 Å². The van der Waals surface area contributed by atoms with Crippen LogP contribution in [0.25, 0.3) is 33.6 Å². The zero-order chi connectivity index (χ0) is 21.0. The van der Waals surface area contributed by atoms with Crippen molar-refractivity contribution in [3.8, 4) is 28.6 Å². The van der Waals surface area contributed by atoms with E-state index in [0.29, 0.717) is 18.3 Å². The Morgan fingerprint density at radius 3 is 2.48 bits per heavy atom. The van der Waals surface area contributed by atoms with E-state index in [4.69, 9.17) is 9.26 Å². The van der Waals surface area contributed by atoms with E-state index < -0.39 is 0 Å². The monoisotopic (exact) mass is 477 g/mol. The second-order valence-electron chi connectivity index (χ2n) is 7.84. The number of piperidine rings is 1. The van der Waals surface area contributed by atoms with Crippen LogP contribution in [0.5, 0.6) is 5.75 Å². The van der Waals surface area contributed by atoms with Crippen molar-refractivity contribution in [1.29, 1.82) is 0 Å². The maximum absolute atomic E-state index is 5.92. The summed E-state index contributed by atoms with van der Waals surface area (Å²) in [7, 11) is 0. The van der Waals surface area contributed by atoms with Crippen LogP contribution in [0.2, 0.25) is 0 Å². The van der Waals surface area contributed by atoms with Gasteiger partial charge in [0, 0.05) is 22.1 Å². The normalized spacial score (nSPS) is 14.7. The minimum absolute atomic E-state index is 0.514. The van der Waals surface area contributed by atoms with E-state index in [1.54, 1.807) is 0 Å². The number of benzene rings is 3. The summed E-state index contributed by atoms with van der Waals surface area (Å²) in [6.07, 6.45) is 3.96. The summed E-state index contributed by atoms with van der Waals surface area (Å²) >= 11 is 3.61. The molecule has 1 aromatic heterocycles. The van der Waals surface area contributed by atoms with Crippen LogP contribution in [0, 0.1) is 0 Å². The number of hydrogen-bond acceptors (Lipinski definition) is 5. The summed E-state index contributed by atoms with van der Waals surface area (Å²) < 4.78 is 12.6. The van der Waals surface area contributed by atoms with Gasteiger partial charge in [0.25, 0.3) is 5.89 Å². The summed E-state index contributed by atoms with van der Waals surface area (Å²) in [6.45, 7) is 4.08. The van der Waals surface area contributed by atoms with Crippen LogP contribution in [0.4, 0.5) is 0 Å². The molecule has 1 aliphatic rings. The first-order chi connectivity index (χ1) is 15.3. The van der Waals surface area contributed by atoms with E-state index in [1.807, 2.05) is 48.5 Å². The maximum atomic E-state index is 5.92. The molecule has 0 unspecified atom stereocenters. The second kappa shape index (κ2) is 9.20. The number of hydrogen-bond donors (Lipinski definition) is 0. The van der Waals surface area contributed by atoms with Gasteiger partial charge in [-0.2, -0.15) is 4.98 Å². The van der Waals surface area contributed by atoms with Crippen molar-refractivity contribution in [2.75, 3.05) is 26.2 Å². The topological polar surface area (TPSA) is 51.4 Å². The third-order valence-corrected chi connectivity index (χ3v) is 6.46. The van der Waals surface area contributed by atoms with Gasteiger partial charge in [-0.25, -0.2) is 0 Å². The average molecular weight is 478 g/mol. The molecule has 0 radical (unpaired) electrons. The van der Waals surface area contributed by atoms with Crippen LogP contribution >= 0.6 is 15.9 Å². The predicted octanol–water partition coefficient (Wildman–Crippen LogP) is 6.18. The molecule has 5 nitrogen and oxygen atoms in total. The molecule has 5 rings (SSSR count). The first kappa shape index (κ1) is 20.2. The number of aromatic nitrogens is 2. The molecule has 1 fully saturated rings. The Morgan fingerprint density at radius 2 is 1.68 bits per heavy atom. The second-order valence-corrected chi connectivity index (χ2v) is 8.69. The molecule has 4 aromatic rings. The van der Waals surface area contributed by atoms with Crippen LogP contribution in [0.15, 0.2) is 69.7 Å². The number of rotatable bonds is 6. The van der Waals surface area contributed by atoms with Crippen molar-refractivity contribution >= 4 is 26.7 Å². The number of ether oxygens (including phenoxy) is 1. The lowest BCUT2D eigenvalue weighted by Crippen LogP contribution is -2.33. The van der Waals surface area contributed by atoms with Crippen LogP contribution in [-0.2, 0) is 0 Å². The Labute approximate surface area is 190 Å². The minimum atomic E-state index is 0.514. The summed E-state index contributed by atoms with van der Waals surface area (Å²) in [6, 6.07) is 20.1. The van der Waals surface area contributed by atoms with Crippen molar-refractivity contribution in [3.05, 3.63) is 65.1 Å². The zero-order valence-electron chi connectivity index (χ0n) is 17.3. The summed E-state index contributed by atoms with van der Waals surface area (Å²) in [5.41, 5.74) is 1.83. The highest BCUT2D eigenvalue weighted by Gasteiger charge is 2.15. The van der Waals surface area contributed by atoms with E-state index in [0.717, 1.165) is 38.7 Å². The van der Waals surface area contributed by atoms with E-state index >= 15 is 0 Å². The molecule has 0 bridgehead atoms. The maximum Gasteiger partial charge on any atom is 0.258 e. The fourth-order valence-corrected chi connectivity index (χ4v) is 4.55. The van der Waals surface area contributed by atoms with Crippen molar-refractivity contribution < 1.29 is 9.26 Å². The molecule has 1 aliphatic heterocycles. The predicted molar refractivity (Wildman–Crippen MR) is 126 cm³/mol. The van der Waals surface area contributed by atoms with Gasteiger partial charge in [-0.15, -0.1) is 0 Å². The molecule has 0 aliphatic carbocycles. The van der Waals surface area contributed by atoms with E-state index in [2.05, 4.69) is 43.1 Å². The molecule has 0 N–H and O–H groups in total. The van der Waals surface area contributed by atoms with Gasteiger partial charge in [-0.1, -0.05) is 51.8 Å². The average Bonchev–Trinajstić information content (AvgIpc) is 3.31. The lowest BCUT2D eigenvalue weighted by molar-refractivity contribution is 0.183. The quantitative estimate of drug-likeness (QED) is 0.331. The smallest absolute Gasteiger partial charge is 0.258 e. The zero-order valence-corrected chi connectivity index (χ0v) is 18.8. The van der Waals surface area contributed by atoms with Gasteiger partial charge >= 0.3 is 0 Å². The van der Waals surface area contributed by atoms with E-state index in [-0.39, 0.29) is 0 Å². The molecule has 0 spiro atoms. The Balaban J connectivity index is 1.28. The lowest BCUT2D eigenvalue weighted by atomic mass is 10.0. The molecule has 0 saturated carbocycles. The summed E-state index contributed by atoms with van der Waals surface area (Å²) in [5.74, 6) is 1.95. The first-order valence-electron chi connectivity index (χ1n) is 10.7. The first-order valence-corrected chi connectivity index (χ1v) is 11.5. The highest BCUT2D eigenvalue weighted by Crippen LogP contribution is 2.33. The van der Waals surface area contributed by atoms with Crippen molar-refractivity contribution in [1.82, 2.24) is 15.0 Å². The summed E-state index contributed by atoms with van der Waals surface area (Å²) in [4.78, 5) is 7.12. The van der Waals surface area contributed by atoms with Crippen molar-refractivity contribution in [2.24, 2.45) is 0 Å². The van der Waals surface area contributed by atoms with Gasteiger partial charge < -0.3 is 9.26 Å². The number of likely N-dealkylation sites (tertiary alicyclic amines) is 1. The molecular weight excluding hydrogens is 454 g/mol. The molecule has 0 amide bonds. The highest BCUT2D eigenvalue weighted by molar-refractivity contribution is 9.10. The molecule has 2 heterocycles. The number of nitrogens with zero attached hydrogens (tertiary/aromatic N) is 3. The van der Waals surface area contributed by atoms with Gasteiger partial charge in [0.15, 0.2) is 0 Å². The standard InChI is InChI=1S/C25H24BrN3O2/c26-23-13-12-22(20-6-2-3-7-21(20)23)25-27-24(28-31-25)18-8-10-19(11-9-18)30-17-16-29-14-4-1-5-15-29/h2-3,6-13H,1,4-5,14-17H2. The minimum Gasteiger partial charge on any atom is -0.492 e. The van der Waals surface area contributed by atoms with Gasteiger partial charge in [0.05, 0.1) is 0 Å². The molecular formula is C25H24BrN3O2. The van der Waals surface area contributed by atoms with Crippen LogP contribution in [0.3, 0.4) is 0 Å². The Kier molecular flexibility index (Phi) is 6.00. The largest absolute Gasteiger partial charge is 0.492 e. The van der Waals surface area contributed by atoms with Gasteiger partial charge in [0.1, 0.15) is 12.4 Å².